The molecule has 0 bridgehead atoms. The van der Waals surface area contributed by atoms with Crippen molar-refractivity contribution in [3.05, 3.63) is 33.8 Å². The molecular formula is C12H16BrNO. The minimum Gasteiger partial charge on any atom is -0.380 e. The molecule has 0 spiro atoms. The molecule has 1 fully saturated rings. The summed E-state index contributed by atoms with van der Waals surface area (Å²) in [6.07, 6.45) is 1.25. The summed E-state index contributed by atoms with van der Waals surface area (Å²) in [5, 5.41) is 3.39. The van der Waals surface area contributed by atoms with Gasteiger partial charge in [-0.3, -0.25) is 0 Å². The Bertz CT molecular complexity index is 334. The second-order valence-corrected chi connectivity index (χ2v) is 4.83. The van der Waals surface area contributed by atoms with Gasteiger partial charge in [0.05, 0.1) is 6.61 Å². The highest BCUT2D eigenvalue weighted by molar-refractivity contribution is 9.10. The summed E-state index contributed by atoms with van der Waals surface area (Å²) in [4.78, 5) is 0. The topological polar surface area (TPSA) is 21.3 Å². The zero-order chi connectivity index (χ0) is 10.7. The molecule has 1 saturated heterocycles. The Hall–Kier alpha value is -0.380. The normalized spacial score (nSPS) is 20.8. The maximum absolute atomic E-state index is 5.13. The number of benzene rings is 1. The molecule has 1 heterocycles. The quantitative estimate of drug-likeness (QED) is 0.911. The van der Waals surface area contributed by atoms with Gasteiger partial charge < -0.3 is 10.1 Å². The van der Waals surface area contributed by atoms with Gasteiger partial charge in [-0.1, -0.05) is 28.1 Å². The van der Waals surface area contributed by atoms with Gasteiger partial charge in [-0.2, -0.15) is 0 Å². The van der Waals surface area contributed by atoms with Gasteiger partial charge in [0.1, 0.15) is 0 Å². The van der Waals surface area contributed by atoms with E-state index in [1.807, 2.05) is 0 Å². The molecule has 1 aliphatic rings. The minimum absolute atomic E-state index is 0.670. The molecule has 82 valence electrons. The van der Waals surface area contributed by atoms with Crippen molar-refractivity contribution in [1.82, 2.24) is 5.32 Å². The lowest BCUT2D eigenvalue weighted by atomic mass is 9.97. The van der Waals surface area contributed by atoms with Crippen molar-refractivity contribution in [3.8, 4) is 0 Å². The Labute approximate surface area is 99.1 Å². The van der Waals surface area contributed by atoms with Crippen molar-refractivity contribution in [2.75, 3.05) is 20.2 Å². The van der Waals surface area contributed by atoms with Crippen LogP contribution in [-0.2, 0) is 11.3 Å². The molecule has 2 rings (SSSR count). The second kappa shape index (κ2) is 5.10. The highest BCUT2D eigenvalue weighted by Crippen LogP contribution is 2.27. The van der Waals surface area contributed by atoms with E-state index in [1.165, 1.54) is 17.5 Å². The summed E-state index contributed by atoms with van der Waals surface area (Å²) in [5.41, 5.74) is 2.64. The summed E-state index contributed by atoms with van der Waals surface area (Å²) in [7, 11) is 1.72. The highest BCUT2D eigenvalue weighted by atomic mass is 79.9. The first kappa shape index (κ1) is 11.1. The number of ether oxygens (including phenoxy) is 1. The smallest absolute Gasteiger partial charge is 0.0724 e. The van der Waals surface area contributed by atoms with Crippen LogP contribution in [0.3, 0.4) is 0 Å². The molecule has 2 nitrogen and oxygen atoms in total. The van der Waals surface area contributed by atoms with Gasteiger partial charge in [0.2, 0.25) is 0 Å². The second-order valence-electron chi connectivity index (χ2n) is 3.97. The third-order valence-electron chi connectivity index (χ3n) is 2.91. The van der Waals surface area contributed by atoms with E-state index in [1.54, 1.807) is 7.11 Å². The fourth-order valence-corrected chi connectivity index (χ4v) is 2.54. The third-order valence-corrected chi connectivity index (χ3v) is 3.65. The van der Waals surface area contributed by atoms with Crippen molar-refractivity contribution in [1.29, 1.82) is 0 Å². The van der Waals surface area contributed by atoms with Crippen molar-refractivity contribution in [3.63, 3.8) is 0 Å². The van der Waals surface area contributed by atoms with Crippen LogP contribution < -0.4 is 5.32 Å². The minimum atomic E-state index is 0.670. The molecule has 15 heavy (non-hydrogen) atoms. The van der Waals surface area contributed by atoms with Crippen LogP contribution in [0.5, 0.6) is 0 Å². The summed E-state index contributed by atoms with van der Waals surface area (Å²) < 4.78 is 6.29. The van der Waals surface area contributed by atoms with Gasteiger partial charge in [-0.05, 0) is 36.1 Å². The van der Waals surface area contributed by atoms with Crippen molar-refractivity contribution in [2.45, 2.75) is 18.9 Å². The van der Waals surface area contributed by atoms with Crippen LogP contribution in [0, 0.1) is 0 Å². The molecule has 0 saturated carbocycles. The van der Waals surface area contributed by atoms with E-state index in [2.05, 4.69) is 39.4 Å². The molecule has 3 heteroatoms. The van der Waals surface area contributed by atoms with Gasteiger partial charge in [-0.15, -0.1) is 0 Å². The maximum Gasteiger partial charge on any atom is 0.0724 e. The van der Waals surface area contributed by atoms with Gasteiger partial charge in [-0.25, -0.2) is 0 Å². The van der Waals surface area contributed by atoms with Crippen molar-refractivity contribution >= 4 is 15.9 Å². The first-order valence-electron chi connectivity index (χ1n) is 5.29. The molecule has 1 N–H and O–H groups in total. The van der Waals surface area contributed by atoms with Crippen LogP contribution in [-0.4, -0.2) is 20.2 Å². The molecule has 1 aliphatic heterocycles. The lowest BCUT2D eigenvalue weighted by Crippen LogP contribution is -2.08. The van der Waals surface area contributed by atoms with Crippen molar-refractivity contribution < 1.29 is 4.74 Å². The Kier molecular flexibility index (Phi) is 3.78. The van der Waals surface area contributed by atoms with E-state index in [4.69, 9.17) is 4.74 Å². The fraction of sp³-hybridized carbons (Fsp3) is 0.500. The van der Waals surface area contributed by atoms with Crippen LogP contribution in [0.1, 0.15) is 23.5 Å². The molecular weight excluding hydrogens is 254 g/mol. The first-order valence-corrected chi connectivity index (χ1v) is 6.08. The third kappa shape index (κ3) is 2.60. The molecule has 1 aromatic rings. The zero-order valence-electron chi connectivity index (χ0n) is 8.92. The highest BCUT2D eigenvalue weighted by Gasteiger charge is 2.17. The number of hydrogen-bond acceptors (Lipinski definition) is 2. The first-order chi connectivity index (χ1) is 7.31. The number of nitrogens with one attached hydrogen (secondary N) is 1. The number of rotatable bonds is 3. The average Bonchev–Trinajstić information content (AvgIpc) is 2.74. The molecule has 0 amide bonds. The lowest BCUT2D eigenvalue weighted by Gasteiger charge is -2.11. The van der Waals surface area contributed by atoms with Crippen molar-refractivity contribution in [2.24, 2.45) is 0 Å². The van der Waals surface area contributed by atoms with Crippen LogP contribution >= 0.6 is 15.9 Å². The standard InChI is InChI=1S/C12H16BrNO/c1-15-8-11-3-2-9(6-12(11)13)10-4-5-14-7-10/h2-3,6,10,14H,4-5,7-8H2,1H3. The van der Waals surface area contributed by atoms with E-state index in [9.17, 15) is 0 Å². The van der Waals surface area contributed by atoms with Crippen LogP contribution in [0.25, 0.3) is 0 Å². The Morgan fingerprint density at radius 1 is 1.53 bits per heavy atom. The van der Waals surface area contributed by atoms with Crippen LogP contribution in [0.2, 0.25) is 0 Å². The Morgan fingerprint density at radius 3 is 3.00 bits per heavy atom. The van der Waals surface area contributed by atoms with E-state index < -0.39 is 0 Å². The SMILES string of the molecule is COCc1ccc(C2CCNC2)cc1Br. The molecule has 1 unspecified atom stereocenters. The van der Waals surface area contributed by atoms with E-state index in [-0.39, 0.29) is 0 Å². The van der Waals surface area contributed by atoms with Gasteiger partial charge >= 0.3 is 0 Å². The monoisotopic (exact) mass is 269 g/mol. The molecule has 0 aliphatic carbocycles. The average molecular weight is 270 g/mol. The van der Waals surface area contributed by atoms with Crippen LogP contribution in [0.4, 0.5) is 0 Å². The Morgan fingerprint density at radius 2 is 2.40 bits per heavy atom. The fourth-order valence-electron chi connectivity index (χ4n) is 2.03. The largest absolute Gasteiger partial charge is 0.380 e. The number of hydrogen-bond donors (Lipinski definition) is 1. The van der Waals surface area contributed by atoms with Crippen LogP contribution in [0.15, 0.2) is 22.7 Å². The van der Waals surface area contributed by atoms with E-state index in [0.717, 1.165) is 17.6 Å². The number of halogens is 1. The molecule has 0 radical (unpaired) electrons. The maximum atomic E-state index is 5.13. The summed E-state index contributed by atoms with van der Waals surface area (Å²) in [6.45, 7) is 2.92. The zero-order valence-corrected chi connectivity index (χ0v) is 10.5. The molecule has 0 aromatic heterocycles. The summed E-state index contributed by atoms with van der Waals surface area (Å²) in [6, 6.07) is 6.60. The summed E-state index contributed by atoms with van der Waals surface area (Å²) in [5.74, 6) is 0.679. The van der Waals surface area contributed by atoms with Gasteiger partial charge in [0.25, 0.3) is 0 Å². The lowest BCUT2D eigenvalue weighted by molar-refractivity contribution is 0.184. The Balaban J connectivity index is 2.16. The molecule has 1 atom stereocenters. The number of methoxy groups -OCH3 is 1. The van der Waals surface area contributed by atoms with E-state index in [0.29, 0.717) is 12.5 Å². The predicted molar refractivity (Wildman–Crippen MR) is 65.1 cm³/mol. The van der Waals surface area contributed by atoms with E-state index >= 15 is 0 Å². The molecule has 1 aromatic carbocycles. The summed E-state index contributed by atoms with van der Waals surface area (Å²) >= 11 is 3.59. The van der Waals surface area contributed by atoms with Gasteiger partial charge in [0, 0.05) is 18.1 Å². The van der Waals surface area contributed by atoms with Gasteiger partial charge in [0.15, 0.2) is 0 Å². The predicted octanol–water partition coefficient (Wildman–Crippen LogP) is 2.67.